The molecule has 2 heterocycles. The second-order valence-electron chi connectivity index (χ2n) is 7.29. The first kappa shape index (κ1) is 18.5. The van der Waals surface area contributed by atoms with Crippen molar-refractivity contribution >= 4 is 17.8 Å². The molecule has 0 atom stereocenters. The number of urea groups is 1. The Morgan fingerprint density at radius 2 is 1.88 bits per heavy atom. The molecule has 0 spiro atoms. The van der Waals surface area contributed by atoms with E-state index in [1.54, 1.807) is 18.3 Å². The molecule has 3 rings (SSSR count). The van der Waals surface area contributed by atoms with Gasteiger partial charge in [-0.05, 0) is 43.7 Å². The first-order valence-corrected chi connectivity index (χ1v) is 9.63. The Balaban J connectivity index is 1.51. The third-order valence-corrected chi connectivity index (χ3v) is 5.67. The highest BCUT2D eigenvalue weighted by atomic mass is 16.2. The number of hydrogen-bond donors (Lipinski definition) is 2. The number of piperazine rings is 1. The molecule has 1 saturated heterocycles. The third-order valence-electron chi connectivity index (χ3n) is 5.67. The van der Waals surface area contributed by atoms with Gasteiger partial charge in [0.2, 0.25) is 0 Å². The average molecular weight is 359 g/mol. The van der Waals surface area contributed by atoms with Crippen LogP contribution in [0.5, 0.6) is 0 Å². The van der Waals surface area contributed by atoms with Crippen molar-refractivity contribution in [1.29, 1.82) is 0 Å². The normalized spacial score (nSPS) is 23.6. The lowest BCUT2D eigenvalue weighted by Crippen LogP contribution is -2.54. The van der Waals surface area contributed by atoms with E-state index in [0.717, 1.165) is 18.8 Å². The molecule has 142 valence electrons. The SMILES string of the molecule is CCC1CCC(NC(=O)N2CCN(c3ncccc3C(N)=O)CC2)CC1. The molecule has 3 amide bonds. The number of nitrogens with one attached hydrogen (secondary N) is 1. The second-order valence-corrected chi connectivity index (χ2v) is 7.29. The second kappa shape index (κ2) is 8.38. The van der Waals surface area contributed by atoms with Crippen molar-refractivity contribution in [3.05, 3.63) is 23.9 Å². The quantitative estimate of drug-likeness (QED) is 0.860. The number of nitrogens with zero attached hydrogens (tertiary/aromatic N) is 3. The maximum Gasteiger partial charge on any atom is 0.317 e. The highest BCUT2D eigenvalue weighted by molar-refractivity contribution is 5.97. The standard InChI is InChI=1S/C19H29N5O2/c1-2-14-5-7-15(8-6-14)22-19(26)24-12-10-23(11-13-24)18-16(17(20)25)4-3-9-21-18/h3-4,9,14-15H,2,5-8,10-13H2,1H3,(H2,20,25)(H,22,26). The summed E-state index contributed by atoms with van der Waals surface area (Å²) in [5, 5.41) is 3.20. The molecule has 2 fully saturated rings. The Bertz CT molecular complexity index is 635. The highest BCUT2D eigenvalue weighted by Gasteiger charge is 2.27. The molecular weight excluding hydrogens is 330 g/mol. The van der Waals surface area contributed by atoms with Crippen molar-refractivity contribution in [1.82, 2.24) is 15.2 Å². The smallest absolute Gasteiger partial charge is 0.317 e. The predicted octanol–water partition coefficient (Wildman–Crippen LogP) is 1.98. The lowest BCUT2D eigenvalue weighted by Gasteiger charge is -2.37. The van der Waals surface area contributed by atoms with Crippen molar-refractivity contribution in [3.8, 4) is 0 Å². The Morgan fingerprint density at radius 3 is 2.50 bits per heavy atom. The molecule has 1 aromatic heterocycles. The van der Waals surface area contributed by atoms with Gasteiger partial charge in [-0.25, -0.2) is 9.78 Å². The molecule has 0 aromatic carbocycles. The number of aromatic nitrogens is 1. The Kier molecular flexibility index (Phi) is 5.96. The van der Waals surface area contributed by atoms with Crippen LogP contribution in [0.1, 0.15) is 49.4 Å². The van der Waals surface area contributed by atoms with E-state index in [1.807, 2.05) is 9.80 Å². The van der Waals surface area contributed by atoms with Gasteiger partial charge in [0.15, 0.2) is 0 Å². The number of primary amides is 1. The summed E-state index contributed by atoms with van der Waals surface area (Å²) in [6, 6.07) is 3.73. The van der Waals surface area contributed by atoms with Crippen LogP contribution >= 0.6 is 0 Å². The minimum atomic E-state index is -0.476. The fourth-order valence-corrected chi connectivity index (χ4v) is 3.94. The maximum atomic E-state index is 12.5. The Morgan fingerprint density at radius 1 is 1.19 bits per heavy atom. The number of carbonyl (C=O) groups excluding carboxylic acids is 2. The number of nitrogens with two attached hydrogens (primary N) is 1. The Hall–Kier alpha value is -2.31. The van der Waals surface area contributed by atoms with Crippen LogP contribution in [0.15, 0.2) is 18.3 Å². The van der Waals surface area contributed by atoms with E-state index in [4.69, 9.17) is 5.73 Å². The van der Waals surface area contributed by atoms with Crippen LogP contribution in [0, 0.1) is 5.92 Å². The van der Waals surface area contributed by atoms with E-state index in [0.29, 0.717) is 43.6 Å². The lowest BCUT2D eigenvalue weighted by atomic mass is 9.84. The number of rotatable bonds is 4. The van der Waals surface area contributed by atoms with Gasteiger partial charge in [-0.3, -0.25) is 4.79 Å². The van der Waals surface area contributed by atoms with Crippen LogP contribution < -0.4 is 16.0 Å². The molecule has 0 bridgehead atoms. The number of pyridine rings is 1. The molecule has 26 heavy (non-hydrogen) atoms. The minimum absolute atomic E-state index is 0.0285. The van der Waals surface area contributed by atoms with Crippen LogP contribution in [0.25, 0.3) is 0 Å². The largest absolute Gasteiger partial charge is 0.365 e. The fraction of sp³-hybridized carbons (Fsp3) is 0.632. The molecule has 1 aliphatic carbocycles. The van der Waals surface area contributed by atoms with Gasteiger partial charge < -0.3 is 20.9 Å². The maximum absolute atomic E-state index is 12.5. The predicted molar refractivity (Wildman–Crippen MR) is 101 cm³/mol. The number of hydrogen-bond acceptors (Lipinski definition) is 4. The van der Waals surface area contributed by atoms with E-state index >= 15 is 0 Å². The van der Waals surface area contributed by atoms with Gasteiger partial charge in [0, 0.05) is 38.4 Å². The number of carbonyl (C=O) groups is 2. The summed E-state index contributed by atoms with van der Waals surface area (Å²) < 4.78 is 0. The van der Waals surface area contributed by atoms with Gasteiger partial charge in [-0.1, -0.05) is 13.3 Å². The summed E-state index contributed by atoms with van der Waals surface area (Å²) in [7, 11) is 0. The van der Waals surface area contributed by atoms with Crippen molar-refractivity contribution < 1.29 is 9.59 Å². The monoisotopic (exact) mass is 359 g/mol. The molecule has 0 unspecified atom stereocenters. The first-order valence-electron chi connectivity index (χ1n) is 9.63. The van der Waals surface area contributed by atoms with Crippen molar-refractivity contribution in [2.24, 2.45) is 11.7 Å². The Labute approximate surface area is 154 Å². The lowest BCUT2D eigenvalue weighted by molar-refractivity contribution is 0.1000. The van der Waals surface area contributed by atoms with Gasteiger partial charge >= 0.3 is 6.03 Å². The van der Waals surface area contributed by atoms with Crippen molar-refractivity contribution in [2.75, 3.05) is 31.1 Å². The summed E-state index contributed by atoms with van der Waals surface area (Å²) in [4.78, 5) is 32.3. The molecule has 2 aliphatic rings. The van der Waals surface area contributed by atoms with E-state index in [1.165, 1.54) is 19.3 Å². The summed E-state index contributed by atoms with van der Waals surface area (Å²) in [5.74, 6) is 0.957. The molecule has 1 aliphatic heterocycles. The van der Waals surface area contributed by atoms with Gasteiger partial charge in [0.1, 0.15) is 5.82 Å². The third kappa shape index (κ3) is 4.26. The van der Waals surface area contributed by atoms with E-state index < -0.39 is 5.91 Å². The average Bonchev–Trinajstić information content (AvgIpc) is 2.68. The van der Waals surface area contributed by atoms with Crippen LogP contribution in [0.3, 0.4) is 0 Å². The number of anilines is 1. The highest BCUT2D eigenvalue weighted by Crippen LogP contribution is 2.26. The van der Waals surface area contributed by atoms with Gasteiger partial charge in [0.25, 0.3) is 5.91 Å². The molecular formula is C19H29N5O2. The van der Waals surface area contributed by atoms with Crippen LogP contribution in [-0.4, -0.2) is 54.0 Å². The van der Waals surface area contributed by atoms with E-state index in [2.05, 4.69) is 17.2 Å². The number of amides is 3. The van der Waals surface area contributed by atoms with E-state index in [-0.39, 0.29) is 6.03 Å². The van der Waals surface area contributed by atoms with E-state index in [9.17, 15) is 9.59 Å². The van der Waals surface area contributed by atoms with Gasteiger partial charge in [-0.15, -0.1) is 0 Å². The zero-order valence-electron chi connectivity index (χ0n) is 15.5. The van der Waals surface area contributed by atoms with Crippen LogP contribution in [0.4, 0.5) is 10.6 Å². The molecule has 3 N–H and O–H groups in total. The fourth-order valence-electron chi connectivity index (χ4n) is 3.94. The van der Waals surface area contributed by atoms with Crippen LogP contribution in [-0.2, 0) is 0 Å². The molecule has 1 saturated carbocycles. The zero-order valence-corrected chi connectivity index (χ0v) is 15.5. The minimum Gasteiger partial charge on any atom is -0.365 e. The summed E-state index contributed by atoms with van der Waals surface area (Å²) in [5.41, 5.74) is 5.87. The first-order chi connectivity index (χ1) is 12.6. The molecule has 7 heteroatoms. The summed E-state index contributed by atoms with van der Waals surface area (Å²) in [6.45, 7) is 4.77. The summed E-state index contributed by atoms with van der Waals surface area (Å²) in [6.07, 6.45) is 7.49. The van der Waals surface area contributed by atoms with Crippen LogP contribution in [0.2, 0.25) is 0 Å². The van der Waals surface area contributed by atoms with Crippen molar-refractivity contribution in [3.63, 3.8) is 0 Å². The molecule has 7 nitrogen and oxygen atoms in total. The topological polar surface area (TPSA) is 91.6 Å². The van der Waals surface area contributed by atoms with Crippen molar-refractivity contribution in [2.45, 2.75) is 45.1 Å². The van der Waals surface area contributed by atoms with Gasteiger partial charge in [-0.2, -0.15) is 0 Å². The molecule has 0 radical (unpaired) electrons. The molecule has 1 aromatic rings. The van der Waals surface area contributed by atoms with Gasteiger partial charge in [0.05, 0.1) is 5.56 Å². The summed E-state index contributed by atoms with van der Waals surface area (Å²) >= 11 is 0. The zero-order chi connectivity index (χ0) is 18.5.